The quantitative estimate of drug-likeness (QED) is 0.836. The summed E-state index contributed by atoms with van der Waals surface area (Å²) in [7, 11) is 0. The molecule has 1 amide bonds. The van der Waals surface area contributed by atoms with Crippen molar-refractivity contribution in [2.24, 2.45) is 5.73 Å². The van der Waals surface area contributed by atoms with E-state index in [1.54, 1.807) is 0 Å². The molecule has 0 saturated heterocycles. The van der Waals surface area contributed by atoms with Crippen LogP contribution in [0.1, 0.15) is 10.4 Å². The number of primary amides is 1. The van der Waals surface area contributed by atoms with Gasteiger partial charge in [0.1, 0.15) is 28.6 Å². The number of hydrogen-bond acceptors (Lipinski definition) is 3. The fourth-order valence-electron chi connectivity index (χ4n) is 1.55. The van der Waals surface area contributed by atoms with Crippen molar-refractivity contribution in [2.75, 3.05) is 5.73 Å². The lowest BCUT2D eigenvalue weighted by molar-refractivity contribution is 0.0994. The summed E-state index contributed by atoms with van der Waals surface area (Å²) in [5, 5.41) is 0. The van der Waals surface area contributed by atoms with Crippen LogP contribution in [0.2, 0.25) is 0 Å². The Morgan fingerprint density at radius 1 is 1.00 bits per heavy atom. The summed E-state index contributed by atoms with van der Waals surface area (Å²) in [6.45, 7) is 0. The predicted molar refractivity (Wildman–Crippen MR) is 65.8 cm³/mol. The summed E-state index contributed by atoms with van der Waals surface area (Å²) >= 11 is 0. The molecule has 0 fully saturated rings. The summed E-state index contributed by atoms with van der Waals surface area (Å²) in [5.41, 5.74) is 9.91. The third-order valence-electron chi connectivity index (χ3n) is 2.45. The maximum Gasteiger partial charge on any atom is 0.255 e. The molecule has 4 nitrogen and oxygen atoms in total. The Balaban J connectivity index is 2.47. The lowest BCUT2D eigenvalue weighted by Crippen LogP contribution is -2.14. The summed E-state index contributed by atoms with van der Waals surface area (Å²) in [6, 6.07) is 7.68. The van der Waals surface area contributed by atoms with Crippen LogP contribution < -0.4 is 16.2 Å². The lowest BCUT2D eigenvalue weighted by atomic mass is 10.1. The van der Waals surface area contributed by atoms with Crippen LogP contribution in [0.5, 0.6) is 11.5 Å². The molecule has 0 aliphatic heterocycles. The summed E-state index contributed by atoms with van der Waals surface area (Å²) in [4.78, 5) is 11.2. The minimum Gasteiger partial charge on any atom is -0.454 e. The molecule has 0 aliphatic rings. The third kappa shape index (κ3) is 2.47. The summed E-state index contributed by atoms with van der Waals surface area (Å²) < 4.78 is 32.0. The first-order valence-corrected chi connectivity index (χ1v) is 5.31. The number of carbonyl (C=O) groups is 1. The standard InChI is InChI=1S/C13H10F2N2O2/c14-7-3-1-5-9(11(7)13(17)18)19-10-6-2-4-8(15)12(10)16/h1-6H,16H2,(H2,17,18). The molecule has 19 heavy (non-hydrogen) atoms. The second-order valence-electron chi connectivity index (χ2n) is 3.73. The van der Waals surface area contributed by atoms with Crippen LogP contribution in [0, 0.1) is 11.6 Å². The minimum atomic E-state index is -0.983. The van der Waals surface area contributed by atoms with Gasteiger partial charge >= 0.3 is 0 Å². The Bertz CT molecular complexity index is 645. The third-order valence-corrected chi connectivity index (χ3v) is 2.45. The van der Waals surface area contributed by atoms with E-state index in [0.717, 1.165) is 12.1 Å². The summed E-state index contributed by atoms with van der Waals surface area (Å²) in [6.07, 6.45) is 0. The number of anilines is 1. The molecular formula is C13H10F2N2O2. The first kappa shape index (κ1) is 12.8. The summed E-state index contributed by atoms with van der Waals surface area (Å²) in [5.74, 6) is -2.62. The number of benzene rings is 2. The fraction of sp³-hybridized carbons (Fsp3) is 0. The van der Waals surface area contributed by atoms with E-state index in [1.165, 1.54) is 24.3 Å². The molecule has 2 aromatic rings. The second kappa shape index (κ2) is 4.93. The van der Waals surface area contributed by atoms with Gasteiger partial charge in [-0.3, -0.25) is 4.79 Å². The highest BCUT2D eigenvalue weighted by Gasteiger charge is 2.17. The largest absolute Gasteiger partial charge is 0.454 e. The van der Waals surface area contributed by atoms with Crippen molar-refractivity contribution in [3.05, 3.63) is 53.6 Å². The van der Waals surface area contributed by atoms with Gasteiger partial charge in [0, 0.05) is 0 Å². The Hall–Kier alpha value is -2.63. The van der Waals surface area contributed by atoms with E-state index in [1.807, 2.05) is 0 Å². The van der Waals surface area contributed by atoms with E-state index in [4.69, 9.17) is 16.2 Å². The molecule has 0 unspecified atom stereocenters. The van der Waals surface area contributed by atoms with Crippen molar-refractivity contribution in [2.45, 2.75) is 0 Å². The lowest BCUT2D eigenvalue weighted by Gasteiger charge is -2.11. The van der Waals surface area contributed by atoms with Crippen LogP contribution in [-0.4, -0.2) is 5.91 Å². The molecule has 0 spiro atoms. The van der Waals surface area contributed by atoms with Gasteiger partial charge in [0.25, 0.3) is 5.91 Å². The van der Waals surface area contributed by atoms with Crippen LogP contribution in [0.3, 0.4) is 0 Å². The van der Waals surface area contributed by atoms with Crippen molar-refractivity contribution in [3.8, 4) is 11.5 Å². The Labute approximate surface area is 107 Å². The highest BCUT2D eigenvalue weighted by molar-refractivity contribution is 5.96. The molecular weight excluding hydrogens is 254 g/mol. The second-order valence-corrected chi connectivity index (χ2v) is 3.73. The number of para-hydroxylation sites is 1. The number of ether oxygens (including phenoxy) is 1. The average Bonchev–Trinajstić information content (AvgIpc) is 2.34. The zero-order valence-electron chi connectivity index (χ0n) is 9.69. The number of hydrogen-bond donors (Lipinski definition) is 2. The van der Waals surface area contributed by atoms with E-state index in [9.17, 15) is 13.6 Å². The van der Waals surface area contributed by atoms with Gasteiger partial charge < -0.3 is 16.2 Å². The molecule has 98 valence electrons. The molecule has 0 radical (unpaired) electrons. The van der Waals surface area contributed by atoms with Gasteiger partial charge in [0.2, 0.25) is 0 Å². The molecule has 4 N–H and O–H groups in total. The highest BCUT2D eigenvalue weighted by Crippen LogP contribution is 2.31. The predicted octanol–water partition coefficient (Wildman–Crippen LogP) is 2.44. The minimum absolute atomic E-state index is 0.0203. The molecule has 0 aliphatic carbocycles. The van der Waals surface area contributed by atoms with Crippen molar-refractivity contribution >= 4 is 11.6 Å². The maximum absolute atomic E-state index is 13.5. The van der Waals surface area contributed by atoms with Crippen molar-refractivity contribution in [1.82, 2.24) is 0 Å². The molecule has 2 aromatic carbocycles. The number of amides is 1. The van der Waals surface area contributed by atoms with Gasteiger partial charge in [-0.25, -0.2) is 8.78 Å². The van der Waals surface area contributed by atoms with Gasteiger partial charge in [-0.2, -0.15) is 0 Å². The monoisotopic (exact) mass is 264 g/mol. The van der Waals surface area contributed by atoms with Crippen LogP contribution in [0.15, 0.2) is 36.4 Å². The zero-order chi connectivity index (χ0) is 14.0. The van der Waals surface area contributed by atoms with Crippen molar-refractivity contribution in [1.29, 1.82) is 0 Å². The van der Waals surface area contributed by atoms with Gasteiger partial charge in [-0.05, 0) is 24.3 Å². The SMILES string of the molecule is NC(=O)c1c(F)cccc1Oc1cccc(F)c1N. The number of nitrogen functional groups attached to an aromatic ring is 1. The fourth-order valence-corrected chi connectivity index (χ4v) is 1.55. The van der Waals surface area contributed by atoms with E-state index in [2.05, 4.69) is 0 Å². The first-order chi connectivity index (χ1) is 9.00. The smallest absolute Gasteiger partial charge is 0.255 e. The van der Waals surface area contributed by atoms with Crippen molar-refractivity contribution in [3.63, 3.8) is 0 Å². The molecule has 6 heteroatoms. The van der Waals surface area contributed by atoms with Crippen molar-refractivity contribution < 1.29 is 18.3 Å². The Morgan fingerprint density at radius 2 is 1.58 bits per heavy atom. The number of carbonyl (C=O) groups excluding carboxylic acids is 1. The molecule has 0 heterocycles. The van der Waals surface area contributed by atoms with Gasteiger partial charge in [-0.1, -0.05) is 12.1 Å². The van der Waals surface area contributed by atoms with Crippen LogP contribution in [-0.2, 0) is 0 Å². The molecule has 2 rings (SSSR count). The maximum atomic E-state index is 13.5. The number of halogens is 2. The normalized spacial score (nSPS) is 10.2. The van der Waals surface area contributed by atoms with E-state index in [0.29, 0.717) is 0 Å². The Morgan fingerprint density at radius 3 is 2.21 bits per heavy atom. The van der Waals surface area contributed by atoms with E-state index < -0.39 is 23.1 Å². The van der Waals surface area contributed by atoms with E-state index in [-0.39, 0.29) is 17.2 Å². The zero-order valence-corrected chi connectivity index (χ0v) is 9.69. The molecule has 0 bridgehead atoms. The average molecular weight is 264 g/mol. The van der Waals surface area contributed by atoms with Crippen LogP contribution in [0.4, 0.5) is 14.5 Å². The highest BCUT2D eigenvalue weighted by atomic mass is 19.1. The number of nitrogens with two attached hydrogens (primary N) is 2. The van der Waals surface area contributed by atoms with Gasteiger partial charge in [0.15, 0.2) is 5.75 Å². The van der Waals surface area contributed by atoms with Crippen LogP contribution in [0.25, 0.3) is 0 Å². The van der Waals surface area contributed by atoms with Gasteiger partial charge in [-0.15, -0.1) is 0 Å². The molecule has 0 atom stereocenters. The van der Waals surface area contributed by atoms with E-state index >= 15 is 0 Å². The first-order valence-electron chi connectivity index (χ1n) is 5.31. The topological polar surface area (TPSA) is 78.3 Å². The Kier molecular flexibility index (Phi) is 3.33. The van der Waals surface area contributed by atoms with Crippen LogP contribution >= 0.6 is 0 Å². The number of rotatable bonds is 3. The van der Waals surface area contributed by atoms with Gasteiger partial charge in [0.05, 0.1) is 0 Å². The molecule has 0 saturated carbocycles. The molecule has 0 aromatic heterocycles.